The first kappa shape index (κ1) is 12.7. The van der Waals surface area contributed by atoms with Crippen LogP contribution in [0.1, 0.15) is 44.6 Å². The van der Waals surface area contributed by atoms with Gasteiger partial charge in [-0.05, 0) is 61.1 Å². The normalized spacial score (nSPS) is 28.6. The number of amides is 1. The maximum Gasteiger partial charge on any atom is 0.224 e. The molecule has 3 atom stereocenters. The van der Waals surface area contributed by atoms with Gasteiger partial charge in [0.2, 0.25) is 5.91 Å². The van der Waals surface area contributed by atoms with E-state index in [0.29, 0.717) is 5.92 Å². The average Bonchev–Trinajstić information content (AvgIpc) is 3.01. The van der Waals surface area contributed by atoms with Crippen LogP contribution in [0.25, 0.3) is 0 Å². The monoisotopic (exact) mass is 257 g/mol. The Morgan fingerprint density at radius 2 is 2.21 bits per heavy atom. The van der Waals surface area contributed by atoms with E-state index in [9.17, 15) is 4.79 Å². The van der Waals surface area contributed by atoms with Crippen molar-refractivity contribution >= 4 is 11.6 Å². The number of benzene rings is 1. The second kappa shape index (κ2) is 5.36. The first-order valence-corrected chi connectivity index (χ1v) is 7.63. The van der Waals surface area contributed by atoms with Crippen molar-refractivity contribution in [1.29, 1.82) is 0 Å². The molecule has 1 aromatic rings. The van der Waals surface area contributed by atoms with Gasteiger partial charge in [0.1, 0.15) is 0 Å². The van der Waals surface area contributed by atoms with E-state index in [2.05, 4.69) is 24.4 Å². The Balaban J connectivity index is 1.56. The summed E-state index contributed by atoms with van der Waals surface area (Å²) in [6.45, 7) is 2.14. The highest BCUT2D eigenvalue weighted by molar-refractivity contribution is 5.90. The summed E-state index contributed by atoms with van der Waals surface area (Å²) in [4.78, 5) is 12.1. The maximum atomic E-state index is 12.1. The number of fused-ring (bicyclic) bond motifs is 2. The summed E-state index contributed by atoms with van der Waals surface area (Å²) in [5.41, 5.74) is 2.23. The fourth-order valence-electron chi connectivity index (χ4n) is 3.95. The maximum absolute atomic E-state index is 12.1. The van der Waals surface area contributed by atoms with Crippen molar-refractivity contribution in [3.8, 4) is 0 Å². The van der Waals surface area contributed by atoms with Gasteiger partial charge in [-0.1, -0.05) is 25.5 Å². The topological polar surface area (TPSA) is 29.1 Å². The zero-order chi connectivity index (χ0) is 13.2. The highest BCUT2D eigenvalue weighted by Gasteiger charge is 2.40. The van der Waals surface area contributed by atoms with Gasteiger partial charge < -0.3 is 5.32 Å². The smallest absolute Gasteiger partial charge is 0.224 e. The van der Waals surface area contributed by atoms with Crippen molar-refractivity contribution in [2.24, 2.45) is 17.8 Å². The zero-order valence-electron chi connectivity index (χ0n) is 11.7. The lowest BCUT2D eigenvalue weighted by molar-refractivity contribution is -0.117. The zero-order valence-corrected chi connectivity index (χ0v) is 11.7. The second-order valence-corrected chi connectivity index (χ2v) is 6.24. The van der Waals surface area contributed by atoms with Gasteiger partial charge in [0.25, 0.3) is 0 Å². The minimum absolute atomic E-state index is 0.200. The van der Waals surface area contributed by atoms with E-state index >= 15 is 0 Å². The van der Waals surface area contributed by atoms with E-state index in [-0.39, 0.29) is 5.91 Å². The molecule has 2 aliphatic carbocycles. The van der Waals surface area contributed by atoms with Crippen LogP contribution in [0.5, 0.6) is 0 Å². The summed E-state index contributed by atoms with van der Waals surface area (Å²) >= 11 is 0. The number of nitrogens with one attached hydrogen (secondary N) is 1. The predicted molar refractivity (Wildman–Crippen MR) is 78.0 cm³/mol. The van der Waals surface area contributed by atoms with Crippen LogP contribution in [0.4, 0.5) is 5.69 Å². The number of carbonyl (C=O) groups is 1. The molecule has 19 heavy (non-hydrogen) atoms. The fourth-order valence-corrected chi connectivity index (χ4v) is 3.95. The van der Waals surface area contributed by atoms with Crippen LogP contribution < -0.4 is 5.32 Å². The molecule has 2 bridgehead atoms. The van der Waals surface area contributed by atoms with Crippen LogP contribution in [0.15, 0.2) is 24.3 Å². The standard InChI is InChI=1S/C17H23NO/c1-2-12-4-3-5-16(10-12)18-17(19)11-15-9-13-6-7-14(15)8-13/h3-5,10,13-15H,2,6-9,11H2,1H3,(H,18,19)/t13-,14-,15+/m1/s1. The van der Waals surface area contributed by atoms with Gasteiger partial charge in [0.15, 0.2) is 0 Å². The van der Waals surface area contributed by atoms with Crippen molar-refractivity contribution in [3.63, 3.8) is 0 Å². The first-order valence-electron chi connectivity index (χ1n) is 7.63. The molecule has 2 saturated carbocycles. The first-order chi connectivity index (χ1) is 9.24. The Hall–Kier alpha value is -1.31. The third-order valence-electron chi connectivity index (χ3n) is 4.95. The van der Waals surface area contributed by atoms with Gasteiger partial charge in [0.05, 0.1) is 0 Å². The van der Waals surface area contributed by atoms with Crippen molar-refractivity contribution < 1.29 is 4.79 Å². The van der Waals surface area contributed by atoms with Crippen LogP contribution in [0.3, 0.4) is 0 Å². The minimum Gasteiger partial charge on any atom is -0.326 e. The molecule has 1 aromatic carbocycles. The molecule has 1 N–H and O–H groups in total. The molecule has 0 radical (unpaired) electrons. The molecular formula is C17H23NO. The minimum atomic E-state index is 0.200. The van der Waals surface area contributed by atoms with E-state index in [1.807, 2.05) is 12.1 Å². The largest absolute Gasteiger partial charge is 0.326 e. The number of aryl methyl sites for hydroxylation is 1. The van der Waals surface area contributed by atoms with Gasteiger partial charge in [-0.2, -0.15) is 0 Å². The Kier molecular flexibility index (Phi) is 3.58. The predicted octanol–water partition coefficient (Wildman–Crippen LogP) is 4.01. The molecule has 2 heteroatoms. The lowest BCUT2D eigenvalue weighted by atomic mass is 9.86. The molecule has 1 amide bonds. The van der Waals surface area contributed by atoms with Gasteiger partial charge in [-0.25, -0.2) is 0 Å². The number of carbonyl (C=O) groups excluding carboxylic acids is 1. The summed E-state index contributed by atoms with van der Waals surface area (Å²) in [5, 5.41) is 3.06. The van der Waals surface area contributed by atoms with Crippen LogP contribution in [-0.2, 0) is 11.2 Å². The highest BCUT2D eigenvalue weighted by atomic mass is 16.1. The van der Waals surface area contributed by atoms with Gasteiger partial charge in [-0.3, -0.25) is 4.79 Å². The fraction of sp³-hybridized carbons (Fsp3) is 0.588. The van der Waals surface area contributed by atoms with Crippen molar-refractivity contribution in [2.45, 2.75) is 45.4 Å². The third kappa shape index (κ3) is 2.83. The molecule has 102 valence electrons. The van der Waals surface area contributed by atoms with E-state index < -0.39 is 0 Å². The second-order valence-electron chi connectivity index (χ2n) is 6.24. The van der Waals surface area contributed by atoms with Gasteiger partial charge >= 0.3 is 0 Å². The lowest BCUT2D eigenvalue weighted by Gasteiger charge is -2.20. The highest BCUT2D eigenvalue weighted by Crippen LogP contribution is 2.49. The Bertz CT molecular complexity index is 468. The summed E-state index contributed by atoms with van der Waals surface area (Å²) in [5.74, 6) is 2.60. The average molecular weight is 257 g/mol. The lowest BCUT2D eigenvalue weighted by Crippen LogP contribution is -2.20. The van der Waals surface area contributed by atoms with Crippen LogP contribution in [0, 0.1) is 17.8 Å². The molecular weight excluding hydrogens is 234 g/mol. The van der Waals surface area contributed by atoms with E-state index in [1.165, 1.54) is 31.2 Å². The van der Waals surface area contributed by atoms with Crippen LogP contribution in [0.2, 0.25) is 0 Å². The number of hydrogen-bond acceptors (Lipinski definition) is 1. The Labute approximate surface area is 115 Å². The van der Waals surface area contributed by atoms with Crippen molar-refractivity contribution in [2.75, 3.05) is 5.32 Å². The van der Waals surface area contributed by atoms with Crippen LogP contribution in [-0.4, -0.2) is 5.91 Å². The molecule has 2 nitrogen and oxygen atoms in total. The number of rotatable bonds is 4. The summed E-state index contributed by atoms with van der Waals surface area (Å²) in [6.07, 6.45) is 7.15. The van der Waals surface area contributed by atoms with Gasteiger partial charge in [-0.15, -0.1) is 0 Å². The van der Waals surface area contributed by atoms with Crippen molar-refractivity contribution in [3.05, 3.63) is 29.8 Å². The third-order valence-corrected chi connectivity index (χ3v) is 4.95. The van der Waals surface area contributed by atoms with Crippen LogP contribution >= 0.6 is 0 Å². The summed E-state index contributed by atoms with van der Waals surface area (Å²) in [7, 11) is 0. The quantitative estimate of drug-likeness (QED) is 0.867. The van der Waals surface area contributed by atoms with Crippen molar-refractivity contribution in [1.82, 2.24) is 0 Å². The molecule has 0 spiro atoms. The van der Waals surface area contributed by atoms with E-state index in [4.69, 9.17) is 0 Å². The molecule has 0 aromatic heterocycles. The molecule has 2 fully saturated rings. The molecule has 0 aliphatic heterocycles. The molecule has 2 aliphatic rings. The Morgan fingerprint density at radius 3 is 2.89 bits per heavy atom. The SMILES string of the molecule is CCc1cccc(NC(=O)C[C@@H]2C[C@@H]3CC[C@@H]2C3)c1. The number of anilines is 1. The molecule has 0 unspecified atom stereocenters. The molecule has 3 rings (SSSR count). The van der Waals surface area contributed by atoms with E-state index in [0.717, 1.165) is 30.4 Å². The molecule has 0 saturated heterocycles. The number of hydrogen-bond donors (Lipinski definition) is 1. The molecule has 0 heterocycles. The van der Waals surface area contributed by atoms with Gasteiger partial charge in [0, 0.05) is 12.1 Å². The van der Waals surface area contributed by atoms with E-state index in [1.54, 1.807) is 0 Å². The summed E-state index contributed by atoms with van der Waals surface area (Å²) in [6, 6.07) is 8.19. The Morgan fingerprint density at radius 1 is 1.32 bits per heavy atom. The summed E-state index contributed by atoms with van der Waals surface area (Å²) < 4.78 is 0.